The maximum atomic E-state index is 5.63. The first-order chi connectivity index (χ1) is 9.83. The summed E-state index contributed by atoms with van der Waals surface area (Å²) in [4.78, 5) is 0. The molecule has 0 radical (unpaired) electrons. The molecule has 1 aliphatic heterocycles. The molecule has 3 nitrogen and oxygen atoms in total. The van der Waals surface area contributed by atoms with Crippen molar-refractivity contribution in [2.45, 2.75) is 44.8 Å². The first-order valence-electron chi connectivity index (χ1n) is 7.93. The molecule has 2 N–H and O–H groups in total. The van der Waals surface area contributed by atoms with E-state index in [1.807, 2.05) is 0 Å². The summed E-state index contributed by atoms with van der Waals surface area (Å²) in [5.74, 6) is 0.722. The molecular formula is C17H26N2O. The van der Waals surface area contributed by atoms with Gasteiger partial charge in [-0.05, 0) is 31.2 Å². The van der Waals surface area contributed by atoms with Gasteiger partial charge in [0.25, 0.3) is 0 Å². The monoisotopic (exact) mass is 274 g/mol. The summed E-state index contributed by atoms with van der Waals surface area (Å²) >= 11 is 0. The number of hydrogen-bond acceptors (Lipinski definition) is 3. The average molecular weight is 274 g/mol. The van der Waals surface area contributed by atoms with Gasteiger partial charge >= 0.3 is 0 Å². The molecule has 1 aromatic rings. The second kappa shape index (κ2) is 6.70. The molecule has 0 spiro atoms. The van der Waals surface area contributed by atoms with E-state index in [1.54, 1.807) is 0 Å². The Morgan fingerprint density at radius 3 is 3.10 bits per heavy atom. The first-order valence-corrected chi connectivity index (χ1v) is 7.93. The Morgan fingerprint density at radius 2 is 2.30 bits per heavy atom. The third-order valence-electron chi connectivity index (χ3n) is 4.69. The summed E-state index contributed by atoms with van der Waals surface area (Å²) in [6.07, 6.45) is 3.97. The highest BCUT2D eigenvalue weighted by Gasteiger charge is 2.34. The summed E-state index contributed by atoms with van der Waals surface area (Å²) < 4.78 is 5.63. The second-order valence-electron chi connectivity index (χ2n) is 6.21. The van der Waals surface area contributed by atoms with Gasteiger partial charge in [0.05, 0.1) is 13.2 Å². The van der Waals surface area contributed by atoms with Crippen molar-refractivity contribution < 1.29 is 4.74 Å². The fourth-order valence-corrected chi connectivity index (χ4v) is 3.66. The predicted octanol–water partition coefficient (Wildman–Crippen LogP) is 2.24. The lowest BCUT2D eigenvalue weighted by atomic mass is 9.94. The van der Waals surface area contributed by atoms with Crippen molar-refractivity contribution in [1.82, 2.24) is 10.6 Å². The second-order valence-corrected chi connectivity index (χ2v) is 6.21. The molecule has 3 rings (SSSR count). The van der Waals surface area contributed by atoms with Crippen LogP contribution >= 0.6 is 0 Å². The number of nitrogens with one attached hydrogen (secondary N) is 2. The zero-order chi connectivity index (χ0) is 13.8. The summed E-state index contributed by atoms with van der Waals surface area (Å²) in [6.45, 7) is 5.89. The van der Waals surface area contributed by atoms with Crippen LogP contribution in [0.25, 0.3) is 0 Å². The molecule has 3 atom stereocenters. The SMILES string of the molecule is Cc1cccc(CNC2CCCC2C2COCCN2)c1. The van der Waals surface area contributed by atoms with E-state index >= 15 is 0 Å². The third kappa shape index (κ3) is 3.40. The fourth-order valence-electron chi connectivity index (χ4n) is 3.66. The number of morpholine rings is 1. The van der Waals surface area contributed by atoms with Crippen molar-refractivity contribution >= 4 is 0 Å². The molecule has 0 amide bonds. The van der Waals surface area contributed by atoms with Crippen molar-refractivity contribution in [3.63, 3.8) is 0 Å². The molecule has 1 heterocycles. The Morgan fingerprint density at radius 1 is 1.35 bits per heavy atom. The van der Waals surface area contributed by atoms with Gasteiger partial charge < -0.3 is 15.4 Å². The van der Waals surface area contributed by atoms with Crippen LogP contribution in [-0.2, 0) is 11.3 Å². The Labute approximate surface area is 122 Å². The summed E-state index contributed by atoms with van der Waals surface area (Å²) in [5, 5.41) is 7.41. The summed E-state index contributed by atoms with van der Waals surface area (Å²) in [6, 6.07) is 9.97. The predicted molar refractivity (Wildman–Crippen MR) is 81.8 cm³/mol. The van der Waals surface area contributed by atoms with Crippen LogP contribution in [0.3, 0.4) is 0 Å². The van der Waals surface area contributed by atoms with Gasteiger partial charge in [-0.1, -0.05) is 36.2 Å². The summed E-state index contributed by atoms with van der Waals surface area (Å²) in [7, 11) is 0. The third-order valence-corrected chi connectivity index (χ3v) is 4.69. The van der Waals surface area contributed by atoms with E-state index in [0.717, 1.165) is 32.2 Å². The maximum Gasteiger partial charge on any atom is 0.0623 e. The molecule has 3 unspecified atom stereocenters. The van der Waals surface area contributed by atoms with Gasteiger partial charge in [-0.3, -0.25) is 0 Å². The van der Waals surface area contributed by atoms with Crippen molar-refractivity contribution in [1.29, 1.82) is 0 Å². The smallest absolute Gasteiger partial charge is 0.0623 e. The van der Waals surface area contributed by atoms with Crippen LogP contribution in [0.4, 0.5) is 0 Å². The molecule has 1 saturated carbocycles. The lowest BCUT2D eigenvalue weighted by Crippen LogP contribution is -2.50. The number of ether oxygens (including phenoxy) is 1. The molecule has 20 heavy (non-hydrogen) atoms. The van der Waals surface area contributed by atoms with Gasteiger partial charge in [-0.2, -0.15) is 0 Å². The minimum Gasteiger partial charge on any atom is -0.379 e. The van der Waals surface area contributed by atoms with Crippen molar-refractivity contribution in [3.8, 4) is 0 Å². The Kier molecular flexibility index (Phi) is 4.71. The van der Waals surface area contributed by atoms with E-state index in [2.05, 4.69) is 41.8 Å². The highest BCUT2D eigenvalue weighted by molar-refractivity contribution is 5.22. The fraction of sp³-hybridized carbons (Fsp3) is 0.647. The molecule has 1 saturated heterocycles. The van der Waals surface area contributed by atoms with Gasteiger partial charge in [-0.15, -0.1) is 0 Å². The van der Waals surface area contributed by atoms with E-state index in [0.29, 0.717) is 12.1 Å². The minimum absolute atomic E-state index is 0.543. The largest absolute Gasteiger partial charge is 0.379 e. The van der Waals surface area contributed by atoms with E-state index in [1.165, 1.54) is 30.4 Å². The van der Waals surface area contributed by atoms with Crippen molar-refractivity contribution in [2.24, 2.45) is 5.92 Å². The molecule has 2 fully saturated rings. The first kappa shape index (κ1) is 14.1. The normalized spacial score (nSPS) is 30.6. The lowest BCUT2D eigenvalue weighted by molar-refractivity contribution is 0.0524. The van der Waals surface area contributed by atoms with E-state index in [9.17, 15) is 0 Å². The number of benzene rings is 1. The zero-order valence-electron chi connectivity index (χ0n) is 12.4. The van der Waals surface area contributed by atoms with E-state index in [-0.39, 0.29) is 0 Å². The van der Waals surface area contributed by atoms with E-state index < -0.39 is 0 Å². The highest BCUT2D eigenvalue weighted by atomic mass is 16.5. The molecule has 3 heteroatoms. The molecule has 0 bridgehead atoms. The Bertz CT molecular complexity index is 429. The van der Waals surface area contributed by atoms with Crippen LogP contribution in [0.2, 0.25) is 0 Å². The number of aryl methyl sites for hydroxylation is 1. The van der Waals surface area contributed by atoms with Crippen LogP contribution in [0.1, 0.15) is 30.4 Å². The molecule has 1 aliphatic carbocycles. The van der Waals surface area contributed by atoms with Crippen LogP contribution in [0.15, 0.2) is 24.3 Å². The van der Waals surface area contributed by atoms with Crippen LogP contribution < -0.4 is 10.6 Å². The molecule has 110 valence electrons. The van der Waals surface area contributed by atoms with Gasteiger partial charge in [0, 0.05) is 25.2 Å². The standard InChI is InChI=1S/C17H26N2O/c1-13-4-2-5-14(10-13)11-19-16-7-3-6-15(16)17-12-20-9-8-18-17/h2,4-5,10,15-19H,3,6-9,11-12H2,1H3. The Hall–Kier alpha value is -0.900. The lowest BCUT2D eigenvalue weighted by Gasteiger charge is -2.33. The minimum atomic E-state index is 0.543. The summed E-state index contributed by atoms with van der Waals surface area (Å²) in [5.41, 5.74) is 2.73. The molecule has 0 aromatic heterocycles. The van der Waals surface area contributed by atoms with Crippen LogP contribution in [-0.4, -0.2) is 31.8 Å². The topological polar surface area (TPSA) is 33.3 Å². The highest BCUT2D eigenvalue weighted by Crippen LogP contribution is 2.29. The quantitative estimate of drug-likeness (QED) is 0.883. The van der Waals surface area contributed by atoms with Gasteiger partial charge in [0.15, 0.2) is 0 Å². The molecule has 2 aliphatic rings. The van der Waals surface area contributed by atoms with Crippen molar-refractivity contribution in [2.75, 3.05) is 19.8 Å². The van der Waals surface area contributed by atoms with Crippen molar-refractivity contribution in [3.05, 3.63) is 35.4 Å². The number of rotatable bonds is 4. The van der Waals surface area contributed by atoms with Crippen LogP contribution in [0, 0.1) is 12.8 Å². The van der Waals surface area contributed by atoms with Gasteiger partial charge in [-0.25, -0.2) is 0 Å². The maximum absolute atomic E-state index is 5.63. The van der Waals surface area contributed by atoms with Crippen LogP contribution in [0.5, 0.6) is 0 Å². The zero-order valence-corrected chi connectivity index (χ0v) is 12.4. The van der Waals surface area contributed by atoms with E-state index in [4.69, 9.17) is 4.74 Å². The van der Waals surface area contributed by atoms with Gasteiger partial charge in [0.1, 0.15) is 0 Å². The average Bonchev–Trinajstić information content (AvgIpc) is 2.95. The molecular weight excluding hydrogens is 248 g/mol. The van der Waals surface area contributed by atoms with Gasteiger partial charge in [0.2, 0.25) is 0 Å². The number of hydrogen-bond donors (Lipinski definition) is 2. The Balaban J connectivity index is 1.55. The molecule has 1 aromatic carbocycles.